The quantitative estimate of drug-likeness (QED) is 0.922. The summed E-state index contributed by atoms with van der Waals surface area (Å²) >= 11 is 0. The van der Waals surface area contributed by atoms with Crippen LogP contribution < -0.4 is 0 Å². The number of aliphatic carboxylic acids is 1. The summed E-state index contributed by atoms with van der Waals surface area (Å²) in [5, 5.41) is 21.6. The van der Waals surface area contributed by atoms with Gasteiger partial charge in [-0.05, 0) is 36.1 Å². The van der Waals surface area contributed by atoms with Gasteiger partial charge in [-0.15, -0.1) is 5.10 Å². The van der Waals surface area contributed by atoms with Crippen LogP contribution in [0, 0.1) is 5.41 Å². The van der Waals surface area contributed by atoms with Crippen LogP contribution in [-0.4, -0.2) is 31.3 Å². The van der Waals surface area contributed by atoms with Crippen LogP contribution in [0.15, 0.2) is 0 Å². The SMILES string of the molecule is O=C(O)C1(Cn2nnnc2C2CCCCCCC2)CCC1. The summed E-state index contributed by atoms with van der Waals surface area (Å²) < 4.78 is 1.78. The number of tetrazole rings is 1. The van der Waals surface area contributed by atoms with Crippen molar-refractivity contribution in [2.24, 2.45) is 5.41 Å². The first-order valence-corrected chi connectivity index (χ1v) is 8.21. The van der Waals surface area contributed by atoms with E-state index < -0.39 is 11.4 Å². The number of carboxylic acid groups (broad SMARTS) is 1. The standard InChI is InChI=1S/C15H24N4O2/c20-14(21)15(9-6-10-15)11-19-13(16-17-18-19)12-7-4-2-1-3-5-8-12/h12H,1-11H2,(H,20,21). The molecule has 0 unspecified atom stereocenters. The average Bonchev–Trinajstić information content (AvgIpc) is 2.81. The minimum Gasteiger partial charge on any atom is -0.481 e. The van der Waals surface area contributed by atoms with E-state index in [-0.39, 0.29) is 0 Å². The van der Waals surface area contributed by atoms with Gasteiger partial charge in [0, 0.05) is 5.92 Å². The Bertz CT molecular complexity index is 488. The summed E-state index contributed by atoms with van der Waals surface area (Å²) in [6.45, 7) is 0.432. The maximum atomic E-state index is 11.5. The number of hydrogen-bond acceptors (Lipinski definition) is 4. The van der Waals surface area contributed by atoms with Crippen molar-refractivity contribution >= 4 is 5.97 Å². The molecule has 2 fully saturated rings. The molecule has 0 radical (unpaired) electrons. The Labute approximate surface area is 124 Å². The molecule has 2 aliphatic rings. The summed E-state index contributed by atoms with van der Waals surface area (Å²) in [5.74, 6) is 0.600. The maximum Gasteiger partial charge on any atom is 0.311 e. The predicted octanol–water partition coefficient (Wildman–Crippen LogP) is 2.76. The van der Waals surface area contributed by atoms with Gasteiger partial charge in [0.1, 0.15) is 0 Å². The highest BCUT2D eigenvalue weighted by Crippen LogP contribution is 2.43. The second-order valence-corrected chi connectivity index (χ2v) is 6.68. The summed E-state index contributed by atoms with van der Waals surface area (Å²) in [4.78, 5) is 11.5. The van der Waals surface area contributed by atoms with Gasteiger partial charge >= 0.3 is 5.97 Å². The van der Waals surface area contributed by atoms with E-state index in [4.69, 9.17) is 0 Å². The van der Waals surface area contributed by atoms with Crippen LogP contribution in [0.25, 0.3) is 0 Å². The molecule has 1 aromatic heterocycles. The molecule has 6 heteroatoms. The molecule has 0 bridgehead atoms. The Morgan fingerprint density at radius 1 is 1.14 bits per heavy atom. The Morgan fingerprint density at radius 2 is 1.81 bits per heavy atom. The highest BCUT2D eigenvalue weighted by Gasteiger charge is 2.45. The fraction of sp³-hybridized carbons (Fsp3) is 0.867. The van der Waals surface area contributed by atoms with Crippen LogP contribution in [0.3, 0.4) is 0 Å². The van der Waals surface area contributed by atoms with Crippen molar-refractivity contribution in [1.82, 2.24) is 20.2 Å². The highest BCUT2D eigenvalue weighted by atomic mass is 16.4. The molecule has 0 atom stereocenters. The Balaban J connectivity index is 1.75. The van der Waals surface area contributed by atoms with Gasteiger partial charge in [-0.25, -0.2) is 4.68 Å². The zero-order valence-electron chi connectivity index (χ0n) is 12.5. The maximum absolute atomic E-state index is 11.5. The third-order valence-corrected chi connectivity index (χ3v) is 5.25. The number of nitrogens with zero attached hydrogens (tertiary/aromatic N) is 4. The number of aromatic nitrogens is 4. The molecular formula is C15H24N4O2. The molecule has 1 heterocycles. The number of carbonyl (C=O) groups is 1. The topological polar surface area (TPSA) is 80.9 Å². The van der Waals surface area contributed by atoms with Crippen molar-refractivity contribution in [1.29, 1.82) is 0 Å². The van der Waals surface area contributed by atoms with Gasteiger partial charge in [0.2, 0.25) is 0 Å². The van der Waals surface area contributed by atoms with E-state index in [0.717, 1.165) is 37.9 Å². The van der Waals surface area contributed by atoms with Crippen LogP contribution in [0.4, 0.5) is 0 Å². The molecule has 21 heavy (non-hydrogen) atoms. The molecule has 0 aromatic carbocycles. The molecule has 0 amide bonds. The Kier molecular flexibility index (Phi) is 4.22. The predicted molar refractivity (Wildman–Crippen MR) is 76.8 cm³/mol. The van der Waals surface area contributed by atoms with Gasteiger partial charge in [0.15, 0.2) is 5.82 Å². The third kappa shape index (κ3) is 2.94. The van der Waals surface area contributed by atoms with Gasteiger partial charge < -0.3 is 5.11 Å². The molecule has 1 aromatic rings. The molecule has 0 spiro atoms. The Hall–Kier alpha value is -1.46. The van der Waals surface area contributed by atoms with Gasteiger partial charge in [0.25, 0.3) is 0 Å². The van der Waals surface area contributed by atoms with E-state index in [1.807, 2.05) is 0 Å². The van der Waals surface area contributed by atoms with Crippen molar-refractivity contribution in [3.63, 3.8) is 0 Å². The molecule has 0 aliphatic heterocycles. The minimum atomic E-state index is -0.701. The van der Waals surface area contributed by atoms with E-state index in [1.54, 1.807) is 4.68 Å². The zero-order chi connectivity index (χ0) is 14.7. The van der Waals surface area contributed by atoms with Crippen LogP contribution >= 0.6 is 0 Å². The molecule has 2 saturated carbocycles. The van der Waals surface area contributed by atoms with E-state index in [1.165, 1.54) is 32.1 Å². The average molecular weight is 292 g/mol. The van der Waals surface area contributed by atoms with Crippen LogP contribution in [0.2, 0.25) is 0 Å². The second kappa shape index (κ2) is 6.12. The number of rotatable bonds is 4. The lowest BCUT2D eigenvalue weighted by atomic mass is 9.68. The van der Waals surface area contributed by atoms with Crippen molar-refractivity contribution in [2.75, 3.05) is 0 Å². The van der Waals surface area contributed by atoms with Crippen molar-refractivity contribution < 1.29 is 9.90 Å². The van der Waals surface area contributed by atoms with Gasteiger partial charge in [0.05, 0.1) is 12.0 Å². The van der Waals surface area contributed by atoms with E-state index >= 15 is 0 Å². The molecule has 3 rings (SSSR count). The fourth-order valence-corrected chi connectivity index (χ4v) is 3.66. The van der Waals surface area contributed by atoms with Crippen LogP contribution in [0.1, 0.15) is 76.0 Å². The lowest BCUT2D eigenvalue weighted by Gasteiger charge is -2.37. The lowest BCUT2D eigenvalue weighted by molar-refractivity contribution is -0.156. The summed E-state index contributed by atoms with van der Waals surface area (Å²) in [5.41, 5.74) is -0.633. The van der Waals surface area contributed by atoms with E-state index in [0.29, 0.717) is 12.5 Å². The second-order valence-electron chi connectivity index (χ2n) is 6.68. The van der Waals surface area contributed by atoms with Crippen LogP contribution in [0.5, 0.6) is 0 Å². The first-order valence-electron chi connectivity index (χ1n) is 8.21. The normalized spacial score (nSPS) is 23.0. The van der Waals surface area contributed by atoms with Crippen molar-refractivity contribution in [2.45, 2.75) is 76.7 Å². The largest absolute Gasteiger partial charge is 0.481 e. The molecule has 2 aliphatic carbocycles. The third-order valence-electron chi connectivity index (χ3n) is 5.25. The summed E-state index contributed by atoms with van der Waals surface area (Å²) in [6.07, 6.45) is 11.1. The van der Waals surface area contributed by atoms with Gasteiger partial charge in [-0.1, -0.05) is 38.5 Å². The van der Waals surface area contributed by atoms with Gasteiger partial charge in [-0.3, -0.25) is 4.79 Å². The monoisotopic (exact) mass is 292 g/mol. The van der Waals surface area contributed by atoms with Crippen molar-refractivity contribution in [3.05, 3.63) is 5.82 Å². The number of hydrogen-bond donors (Lipinski definition) is 1. The lowest BCUT2D eigenvalue weighted by Crippen LogP contribution is -2.42. The van der Waals surface area contributed by atoms with Crippen LogP contribution in [-0.2, 0) is 11.3 Å². The first kappa shape index (κ1) is 14.5. The minimum absolute atomic E-state index is 0.395. The fourth-order valence-electron chi connectivity index (χ4n) is 3.66. The molecular weight excluding hydrogens is 268 g/mol. The molecule has 6 nitrogen and oxygen atoms in total. The molecule has 0 saturated heterocycles. The molecule has 116 valence electrons. The van der Waals surface area contributed by atoms with Crippen molar-refractivity contribution in [3.8, 4) is 0 Å². The highest BCUT2D eigenvalue weighted by molar-refractivity contribution is 5.75. The summed E-state index contributed by atoms with van der Waals surface area (Å²) in [7, 11) is 0. The molecule has 1 N–H and O–H groups in total. The Morgan fingerprint density at radius 3 is 2.38 bits per heavy atom. The van der Waals surface area contributed by atoms with E-state index in [9.17, 15) is 9.90 Å². The first-order chi connectivity index (χ1) is 10.2. The van der Waals surface area contributed by atoms with E-state index in [2.05, 4.69) is 15.5 Å². The summed E-state index contributed by atoms with van der Waals surface area (Å²) in [6, 6.07) is 0. The zero-order valence-corrected chi connectivity index (χ0v) is 12.5. The smallest absolute Gasteiger partial charge is 0.311 e. The van der Waals surface area contributed by atoms with Gasteiger partial charge in [-0.2, -0.15) is 0 Å². The number of carboxylic acids is 1.